The van der Waals surface area contributed by atoms with Gasteiger partial charge in [-0.1, -0.05) is 39.7 Å². The zero-order valence-electron chi connectivity index (χ0n) is 12.9. The van der Waals surface area contributed by atoms with Crippen molar-refractivity contribution in [2.24, 2.45) is 0 Å². The van der Waals surface area contributed by atoms with Gasteiger partial charge in [-0.25, -0.2) is 4.68 Å². The van der Waals surface area contributed by atoms with Gasteiger partial charge < -0.3 is 5.32 Å². The Kier molecular flexibility index (Phi) is 5.31. The number of hydrogen-bond donors (Lipinski definition) is 1. The number of benzene rings is 2. The minimum atomic E-state index is -0.344. The van der Waals surface area contributed by atoms with Gasteiger partial charge in [-0.05, 0) is 42.5 Å². The average molecular weight is 419 g/mol. The van der Waals surface area contributed by atoms with E-state index in [-0.39, 0.29) is 18.0 Å². The van der Waals surface area contributed by atoms with Crippen LogP contribution in [0.2, 0.25) is 5.02 Å². The maximum absolute atomic E-state index is 12.2. The van der Waals surface area contributed by atoms with Crippen molar-refractivity contribution < 1.29 is 4.79 Å². The zero-order chi connectivity index (χ0) is 17.8. The molecule has 1 aromatic heterocycles. The summed E-state index contributed by atoms with van der Waals surface area (Å²) in [5.74, 6) is -0.344. The van der Waals surface area contributed by atoms with E-state index in [1.54, 1.807) is 30.3 Å². The van der Waals surface area contributed by atoms with Gasteiger partial charge in [0.15, 0.2) is 0 Å². The van der Waals surface area contributed by atoms with Crippen molar-refractivity contribution in [3.63, 3.8) is 0 Å². The minimum Gasteiger partial charge on any atom is -0.324 e. The fourth-order valence-electron chi connectivity index (χ4n) is 2.23. The van der Waals surface area contributed by atoms with Gasteiger partial charge in [0.25, 0.3) is 5.56 Å². The number of nitrogens with one attached hydrogen (secondary N) is 1. The number of aromatic nitrogens is 2. The van der Waals surface area contributed by atoms with Gasteiger partial charge in [0.05, 0.1) is 5.69 Å². The fraction of sp³-hybridized carbons (Fsp3) is 0.0556. The molecule has 0 saturated carbocycles. The highest BCUT2D eigenvalue weighted by Crippen LogP contribution is 2.20. The van der Waals surface area contributed by atoms with Crippen LogP contribution in [0.3, 0.4) is 0 Å². The molecule has 5 nitrogen and oxygen atoms in total. The third-order valence-electron chi connectivity index (χ3n) is 3.41. The Balaban J connectivity index is 1.80. The molecule has 0 spiro atoms. The first kappa shape index (κ1) is 17.4. The molecule has 0 radical (unpaired) electrons. The lowest BCUT2D eigenvalue weighted by Gasteiger charge is -2.08. The Morgan fingerprint density at radius 2 is 1.88 bits per heavy atom. The normalized spacial score (nSPS) is 10.5. The second-order valence-electron chi connectivity index (χ2n) is 5.28. The predicted molar refractivity (Wildman–Crippen MR) is 102 cm³/mol. The quantitative estimate of drug-likeness (QED) is 0.697. The van der Waals surface area contributed by atoms with Crippen LogP contribution in [0.15, 0.2) is 69.9 Å². The van der Waals surface area contributed by atoms with Crippen molar-refractivity contribution in [2.45, 2.75) is 6.54 Å². The molecular weight excluding hydrogens is 406 g/mol. The first-order valence-corrected chi connectivity index (χ1v) is 8.58. The van der Waals surface area contributed by atoms with Crippen LogP contribution >= 0.6 is 27.5 Å². The van der Waals surface area contributed by atoms with Gasteiger partial charge in [0.2, 0.25) is 5.91 Å². The summed E-state index contributed by atoms with van der Waals surface area (Å²) < 4.78 is 2.05. The molecule has 0 unspecified atom stereocenters. The smallest absolute Gasteiger partial charge is 0.267 e. The number of nitrogens with zero attached hydrogens (tertiary/aromatic N) is 2. The highest BCUT2D eigenvalue weighted by molar-refractivity contribution is 9.10. The maximum atomic E-state index is 12.2. The molecule has 3 rings (SSSR count). The van der Waals surface area contributed by atoms with Gasteiger partial charge in [-0.2, -0.15) is 5.10 Å². The number of carbonyl (C=O) groups excluding carboxylic acids is 1. The molecule has 7 heteroatoms. The number of rotatable bonds is 4. The zero-order valence-corrected chi connectivity index (χ0v) is 15.3. The fourth-order valence-corrected chi connectivity index (χ4v) is 2.76. The molecule has 0 bridgehead atoms. The number of carbonyl (C=O) groups is 1. The van der Waals surface area contributed by atoms with Gasteiger partial charge in [0, 0.05) is 26.8 Å². The van der Waals surface area contributed by atoms with Crippen molar-refractivity contribution in [2.75, 3.05) is 5.32 Å². The summed E-state index contributed by atoms with van der Waals surface area (Å²) in [5, 5.41) is 7.57. The highest BCUT2D eigenvalue weighted by atomic mass is 79.9. The Hall–Kier alpha value is -2.44. The first-order valence-electron chi connectivity index (χ1n) is 7.41. The first-order chi connectivity index (χ1) is 12.0. The summed E-state index contributed by atoms with van der Waals surface area (Å²) in [5.41, 5.74) is 1.72. The predicted octanol–water partition coefficient (Wildman–Crippen LogP) is 3.96. The molecule has 25 heavy (non-hydrogen) atoms. The third-order valence-corrected chi connectivity index (χ3v) is 4.15. The van der Waals surface area contributed by atoms with Crippen LogP contribution in [0.1, 0.15) is 0 Å². The molecule has 0 aliphatic carbocycles. The molecule has 126 valence electrons. The summed E-state index contributed by atoms with van der Waals surface area (Å²) in [6.45, 7) is -0.177. The standard InChI is InChI=1S/C18H13BrClN3O2/c19-13-3-1-2-12(10-13)16-8-9-18(25)23(22-16)11-17(24)21-15-6-4-14(20)5-7-15/h1-10H,11H2,(H,21,24). The monoisotopic (exact) mass is 417 g/mol. The number of amides is 1. The summed E-state index contributed by atoms with van der Waals surface area (Å²) in [6, 6.07) is 17.3. The van der Waals surface area contributed by atoms with Gasteiger partial charge >= 0.3 is 0 Å². The van der Waals surface area contributed by atoms with E-state index in [1.807, 2.05) is 24.3 Å². The van der Waals surface area contributed by atoms with Crippen LogP contribution in [0.25, 0.3) is 11.3 Å². The third kappa shape index (κ3) is 4.55. The van der Waals surface area contributed by atoms with Gasteiger partial charge in [-0.15, -0.1) is 0 Å². The summed E-state index contributed by atoms with van der Waals surface area (Å²) in [6.07, 6.45) is 0. The minimum absolute atomic E-state index is 0.177. The van der Waals surface area contributed by atoms with E-state index in [1.165, 1.54) is 6.07 Å². The Labute approximate surface area is 157 Å². The maximum Gasteiger partial charge on any atom is 0.267 e. The largest absolute Gasteiger partial charge is 0.324 e. The number of hydrogen-bond acceptors (Lipinski definition) is 3. The van der Waals surface area contributed by atoms with E-state index >= 15 is 0 Å². The Bertz CT molecular complexity index is 971. The van der Waals surface area contributed by atoms with Crippen LogP contribution in [0, 0.1) is 0 Å². The highest BCUT2D eigenvalue weighted by Gasteiger charge is 2.09. The Morgan fingerprint density at radius 1 is 1.12 bits per heavy atom. The molecule has 0 aliphatic rings. The number of anilines is 1. The molecular formula is C18H13BrClN3O2. The molecule has 0 saturated heterocycles. The average Bonchev–Trinajstić information content (AvgIpc) is 2.59. The summed E-state index contributed by atoms with van der Waals surface area (Å²) in [4.78, 5) is 24.2. The van der Waals surface area contributed by atoms with E-state index in [9.17, 15) is 9.59 Å². The number of halogens is 2. The van der Waals surface area contributed by atoms with E-state index in [0.29, 0.717) is 16.4 Å². The second-order valence-corrected chi connectivity index (χ2v) is 6.63. The van der Waals surface area contributed by atoms with E-state index in [2.05, 4.69) is 26.3 Å². The van der Waals surface area contributed by atoms with E-state index < -0.39 is 0 Å². The molecule has 0 fully saturated rings. The van der Waals surface area contributed by atoms with Gasteiger partial charge in [-0.3, -0.25) is 9.59 Å². The van der Waals surface area contributed by atoms with E-state index in [4.69, 9.17) is 11.6 Å². The van der Waals surface area contributed by atoms with Crippen molar-refractivity contribution in [3.05, 3.63) is 80.5 Å². The second kappa shape index (κ2) is 7.63. The van der Waals surface area contributed by atoms with Gasteiger partial charge in [0.1, 0.15) is 6.54 Å². The Morgan fingerprint density at radius 3 is 2.60 bits per heavy atom. The van der Waals surface area contributed by atoms with Crippen LogP contribution in [-0.2, 0) is 11.3 Å². The van der Waals surface area contributed by atoms with Crippen LogP contribution in [0.5, 0.6) is 0 Å². The molecule has 2 aromatic carbocycles. The molecule has 1 amide bonds. The lowest BCUT2D eigenvalue weighted by Crippen LogP contribution is -2.29. The molecule has 1 N–H and O–H groups in total. The summed E-state index contributed by atoms with van der Waals surface area (Å²) in [7, 11) is 0. The van der Waals surface area contributed by atoms with Crippen molar-refractivity contribution in [3.8, 4) is 11.3 Å². The van der Waals surface area contributed by atoms with Crippen LogP contribution in [-0.4, -0.2) is 15.7 Å². The topological polar surface area (TPSA) is 64.0 Å². The molecule has 0 aliphatic heterocycles. The molecule has 3 aromatic rings. The molecule has 1 heterocycles. The van der Waals surface area contributed by atoms with Crippen molar-refractivity contribution in [1.82, 2.24) is 9.78 Å². The lowest BCUT2D eigenvalue weighted by atomic mass is 10.1. The van der Waals surface area contributed by atoms with Crippen LogP contribution in [0.4, 0.5) is 5.69 Å². The summed E-state index contributed by atoms with van der Waals surface area (Å²) >= 11 is 9.22. The lowest BCUT2D eigenvalue weighted by molar-refractivity contribution is -0.117. The van der Waals surface area contributed by atoms with Crippen molar-refractivity contribution in [1.29, 1.82) is 0 Å². The van der Waals surface area contributed by atoms with E-state index in [0.717, 1.165) is 14.7 Å². The SMILES string of the molecule is O=C(Cn1nc(-c2cccc(Br)c2)ccc1=O)Nc1ccc(Cl)cc1. The van der Waals surface area contributed by atoms with Crippen LogP contribution < -0.4 is 10.9 Å². The molecule has 0 atom stereocenters. The van der Waals surface area contributed by atoms with Crippen molar-refractivity contribution >= 4 is 39.1 Å².